The SMILES string of the molecule is CCOCc1nc2c(N)nc3ccccc3c2n1C(C)(C)COP(=O)(N[C@@H](C)C(F)(F)F)Oc1ccc(Cl)cc1. The third kappa shape index (κ3) is 6.53. The Hall–Kier alpha value is -2.89. The number of fused-ring (bicyclic) bond motifs is 3. The molecule has 0 bridgehead atoms. The molecule has 0 fully saturated rings. The van der Waals surface area contributed by atoms with Gasteiger partial charge in [0.05, 0.1) is 23.2 Å². The van der Waals surface area contributed by atoms with E-state index in [1.165, 1.54) is 24.3 Å². The summed E-state index contributed by atoms with van der Waals surface area (Å²) in [5.74, 6) is 0.710. The van der Waals surface area contributed by atoms with E-state index in [-0.39, 0.29) is 24.8 Å². The lowest BCUT2D eigenvalue weighted by molar-refractivity contribution is -0.148. The van der Waals surface area contributed by atoms with Gasteiger partial charge in [-0.05, 0) is 58.0 Å². The van der Waals surface area contributed by atoms with E-state index in [9.17, 15) is 17.7 Å². The summed E-state index contributed by atoms with van der Waals surface area (Å²) in [6, 6.07) is 10.8. The van der Waals surface area contributed by atoms with Crippen LogP contribution in [0.25, 0.3) is 21.9 Å². The minimum atomic E-state index is -4.70. The van der Waals surface area contributed by atoms with Crippen LogP contribution in [0.2, 0.25) is 5.02 Å². The van der Waals surface area contributed by atoms with Crippen molar-refractivity contribution < 1.29 is 31.5 Å². The largest absolute Gasteiger partial charge is 0.459 e. The van der Waals surface area contributed by atoms with E-state index < -0.39 is 25.5 Å². The Bertz CT molecular complexity index is 1550. The molecular weight excluding hydrogens is 570 g/mol. The molecule has 0 aliphatic rings. The summed E-state index contributed by atoms with van der Waals surface area (Å²) in [4.78, 5) is 9.14. The van der Waals surface area contributed by atoms with Crippen molar-refractivity contribution in [2.45, 2.75) is 52.1 Å². The Balaban J connectivity index is 1.76. The Kier molecular flexibility index (Phi) is 8.68. The number of hydrogen-bond acceptors (Lipinski definition) is 7. The molecule has 0 spiro atoms. The predicted molar refractivity (Wildman–Crippen MR) is 148 cm³/mol. The highest BCUT2D eigenvalue weighted by atomic mass is 35.5. The van der Waals surface area contributed by atoms with Gasteiger partial charge in [-0.2, -0.15) is 18.3 Å². The van der Waals surface area contributed by atoms with Crippen LogP contribution in [0.4, 0.5) is 19.0 Å². The average molecular weight is 600 g/mol. The maximum Gasteiger partial charge on any atom is 0.459 e. The fourth-order valence-electron chi connectivity index (χ4n) is 4.13. The van der Waals surface area contributed by atoms with Crippen LogP contribution < -0.4 is 15.3 Å². The molecule has 0 amide bonds. The summed E-state index contributed by atoms with van der Waals surface area (Å²) in [5, 5.41) is 3.13. The van der Waals surface area contributed by atoms with Crippen molar-refractivity contribution in [3.63, 3.8) is 0 Å². The van der Waals surface area contributed by atoms with Crippen molar-refractivity contribution in [1.29, 1.82) is 0 Å². The lowest BCUT2D eigenvalue weighted by Crippen LogP contribution is -2.40. The number of ether oxygens (including phenoxy) is 1. The molecule has 14 heteroatoms. The zero-order valence-corrected chi connectivity index (χ0v) is 24.0. The molecule has 0 saturated heterocycles. The molecule has 2 aromatic carbocycles. The van der Waals surface area contributed by atoms with Gasteiger partial charge in [-0.3, -0.25) is 4.52 Å². The van der Waals surface area contributed by atoms with Gasteiger partial charge < -0.3 is 19.6 Å². The van der Waals surface area contributed by atoms with Crippen molar-refractivity contribution in [3.05, 3.63) is 59.4 Å². The molecule has 40 heavy (non-hydrogen) atoms. The van der Waals surface area contributed by atoms with E-state index in [2.05, 4.69) is 9.97 Å². The summed E-state index contributed by atoms with van der Waals surface area (Å²) < 4.78 is 72.8. The number of nitrogens with one attached hydrogen (secondary N) is 1. The van der Waals surface area contributed by atoms with Gasteiger partial charge in [-0.25, -0.2) is 14.5 Å². The highest BCUT2D eigenvalue weighted by Gasteiger charge is 2.43. The summed E-state index contributed by atoms with van der Waals surface area (Å²) >= 11 is 5.90. The first-order valence-electron chi connectivity index (χ1n) is 12.4. The topological polar surface area (TPSA) is 114 Å². The number of alkyl halides is 3. The van der Waals surface area contributed by atoms with E-state index in [1.54, 1.807) is 13.8 Å². The van der Waals surface area contributed by atoms with E-state index in [0.717, 1.165) is 12.3 Å². The van der Waals surface area contributed by atoms with Gasteiger partial charge in [0.2, 0.25) is 0 Å². The smallest absolute Gasteiger partial charge is 0.413 e. The third-order valence-corrected chi connectivity index (χ3v) is 7.98. The van der Waals surface area contributed by atoms with Crippen molar-refractivity contribution in [3.8, 4) is 5.75 Å². The molecule has 2 atom stereocenters. The molecule has 2 aromatic heterocycles. The Morgan fingerprint density at radius 3 is 2.45 bits per heavy atom. The van der Waals surface area contributed by atoms with Gasteiger partial charge in [0.25, 0.3) is 0 Å². The summed E-state index contributed by atoms with van der Waals surface area (Å²) in [7, 11) is -4.58. The van der Waals surface area contributed by atoms with E-state index in [4.69, 9.17) is 31.1 Å². The van der Waals surface area contributed by atoms with Crippen molar-refractivity contribution in [2.75, 3.05) is 18.9 Å². The van der Waals surface area contributed by atoms with Gasteiger partial charge in [0, 0.05) is 17.0 Å². The number of benzene rings is 2. The van der Waals surface area contributed by atoms with Crippen molar-refractivity contribution >= 4 is 47.1 Å². The molecule has 3 N–H and O–H groups in total. The van der Waals surface area contributed by atoms with Crippen LogP contribution in [0.5, 0.6) is 5.75 Å². The number of pyridine rings is 1. The zero-order chi connectivity index (χ0) is 29.3. The molecule has 216 valence electrons. The molecule has 0 aliphatic carbocycles. The summed E-state index contributed by atoms with van der Waals surface area (Å²) in [5.41, 5.74) is 6.94. The van der Waals surface area contributed by atoms with Gasteiger partial charge in [0.15, 0.2) is 5.82 Å². The Labute approximate surface area is 234 Å². The Morgan fingerprint density at radius 2 is 1.80 bits per heavy atom. The summed E-state index contributed by atoms with van der Waals surface area (Å²) in [6.45, 7) is 6.41. The van der Waals surface area contributed by atoms with Crippen LogP contribution in [0.3, 0.4) is 0 Å². The number of nitrogens with two attached hydrogens (primary N) is 1. The fourth-order valence-corrected chi connectivity index (χ4v) is 5.94. The predicted octanol–water partition coefficient (Wildman–Crippen LogP) is 6.84. The molecule has 0 aliphatic heterocycles. The molecular formula is C26H30ClF3N5O4P. The summed E-state index contributed by atoms with van der Waals surface area (Å²) in [6.07, 6.45) is -4.70. The minimum Gasteiger partial charge on any atom is -0.413 e. The number of nitrogen functional groups attached to an aromatic ring is 1. The van der Waals surface area contributed by atoms with Crippen LogP contribution in [0.1, 0.15) is 33.5 Å². The van der Waals surface area contributed by atoms with E-state index >= 15 is 0 Å². The highest BCUT2D eigenvalue weighted by molar-refractivity contribution is 7.52. The number of para-hydroxylation sites is 1. The molecule has 4 rings (SSSR count). The normalized spacial score (nSPS) is 14.9. The van der Waals surface area contributed by atoms with Gasteiger partial charge in [-0.1, -0.05) is 29.8 Å². The molecule has 0 radical (unpaired) electrons. The second-order valence-corrected chi connectivity index (χ2v) is 11.9. The highest BCUT2D eigenvalue weighted by Crippen LogP contribution is 2.48. The monoisotopic (exact) mass is 599 g/mol. The second-order valence-electron chi connectivity index (χ2n) is 9.73. The van der Waals surface area contributed by atoms with Gasteiger partial charge >= 0.3 is 13.9 Å². The van der Waals surface area contributed by atoms with Crippen LogP contribution >= 0.6 is 19.3 Å². The third-order valence-electron chi connectivity index (χ3n) is 6.10. The Morgan fingerprint density at radius 1 is 1.12 bits per heavy atom. The first-order chi connectivity index (χ1) is 18.7. The first-order valence-corrected chi connectivity index (χ1v) is 14.3. The van der Waals surface area contributed by atoms with Crippen LogP contribution in [-0.4, -0.2) is 40.0 Å². The zero-order valence-electron chi connectivity index (χ0n) is 22.3. The van der Waals surface area contributed by atoms with Gasteiger partial charge in [0.1, 0.15) is 29.7 Å². The number of imidazole rings is 1. The molecule has 4 aromatic rings. The second kappa shape index (κ2) is 11.5. The number of aromatic nitrogens is 3. The number of hydrogen-bond donors (Lipinski definition) is 2. The standard InChI is InChI=1S/C26H30ClF3N5O4P/c1-5-37-14-21-33-22-23(19-8-6-7-9-20(19)32-24(22)31)35(21)25(3,4)15-38-40(36,34-16(2)26(28,29)30)39-18-12-10-17(27)11-13-18/h6-13,16H,5,14-15H2,1-4H3,(H2,31,32)(H,34,36)/t16-,40?/m0/s1. The van der Waals surface area contributed by atoms with Crippen molar-refractivity contribution in [1.82, 2.24) is 19.6 Å². The molecule has 2 heterocycles. The van der Waals surface area contributed by atoms with Crippen LogP contribution in [0, 0.1) is 0 Å². The van der Waals surface area contributed by atoms with Crippen LogP contribution in [0.15, 0.2) is 48.5 Å². The average Bonchev–Trinajstić information content (AvgIpc) is 3.29. The maximum atomic E-state index is 13.8. The van der Waals surface area contributed by atoms with Crippen molar-refractivity contribution in [2.24, 2.45) is 0 Å². The first kappa shape index (κ1) is 30.1. The van der Waals surface area contributed by atoms with E-state index in [0.29, 0.717) is 34.0 Å². The fraction of sp³-hybridized carbons (Fsp3) is 0.385. The van der Waals surface area contributed by atoms with Crippen LogP contribution in [-0.2, 0) is 26.0 Å². The van der Waals surface area contributed by atoms with E-state index in [1.807, 2.05) is 40.8 Å². The number of nitrogens with zero attached hydrogens (tertiary/aromatic N) is 3. The maximum absolute atomic E-state index is 13.8. The quantitative estimate of drug-likeness (QED) is 0.180. The molecule has 0 saturated carbocycles. The number of anilines is 1. The minimum absolute atomic E-state index is 0.0161. The lowest BCUT2D eigenvalue weighted by Gasteiger charge is -2.32. The number of rotatable bonds is 11. The lowest BCUT2D eigenvalue weighted by atomic mass is 10.1. The molecule has 9 nitrogen and oxygen atoms in total. The number of halogens is 4. The van der Waals surface area contributed by atoms with Gasteiger partial charge in [-0.15, -0.1) is 0 Å². The molecule has 1 unspecified atom stereocenters.